The quantitative estimate of drug-likeness (QED) is 0.665. The minimum atomic E-state index is -1.02. The van der Waals surface area contributed by atoms with Gasteiger partial charge in [0.15, 0.2) is 0 Å². The molecule has 1 N–H and O–H groups in total. The first-order valence-electron chi connectivity index (χ1n) is 6.48. The molecule has 2 aliphatic rings. The van der Waals surface area contributed by atoms with Crippen molar-refractivity contribution < 1.29 is 14.7 Å². The second-order valence-corrected chi connectivity index (χ2v) is 8.89. The molecule has 0 spiro atoms. The van der Waals surface area contributed by atoms with Crippen LogP contribution in [0.4, 0.5) is 0 Å². The lowest BCUT2D eigenvalue weighted by atomic mass is 10.3. The Labute approximate surface area is 143 Å². The highest BCUT2D eigenvalue weighted by Crippen LogP contribution is 2.50. The number of carboxylic acid groups (broad SMARTS) is 1. The van der Waals surface area contributed by atoms with Crippen LogP contribution in [-0.4, -0.2) is 54.7 Å². The number of amides is 1. The van der Waals surface area contributed by atoms with Crippen molar-refractivity contribution >= 4 is 60.7 Å². The van der Waals surface area contributed by atoms with Crippen molar-refractivity contribution in [2.45, 2.75) is 42.1 Å². The Morgan fingerprint density at radius 3 is 2.48 bits per heavy atom. The Hall–Kier alpha value is 0.0400. The average molecular weight is 367 g/mol. The number of aliphatic carboxylic acids is 1. The average Bonchev–Trinajstić information content (AvgIpc) is 2.80. The molecule has 21 heavy (non-hydrogen) atoms. The maximum Gasteiger partial charge on any atom is 0.323 e. The Morgan fingerprint density at radius 2 is 2.00 bits per heavy atom. The first kappa shape index (κ1) is 17.4. The Kier molecular flexibility index (Phi) is 5.51. The molecule has 5 nitrogen and oxygen atoms in total. The van der Waals surface area contributed by atoms with Gasteiger partial charge in [0.2, 0.25) is 5.91 Å². The molecule has 2 heterocycles. The van der Waals surface area contributed by atoms with Gasteiger partial charge in [0, 0.05) is 10.9 Å². The van der Waals surface area contributed by atoms with Crippen LogP contribution in [0, 0.1) is 0 Å². The third-order valence-electron chi connectivity index (χ3n) is 3.25. The number of thiol groups is 2. The fraction of sp³-hybridized carbons (Fsp3) is 0.667. The highest BCUT2D eigenvalue weighted by Gasteiger charge is 2.43. The smallest absolute Gasteiger partial charge is 0.323 e. The SMILES string of the molecule is CC1SC(=C2SC(S)N(C(C)C)C2S)N(CC(=O)O)C1=O. The normalized spacial score (nSPS) is 34.3. The van der Waals surface area contributed by atoms with Gasteiger partial charge >= 0.3 is 5.97 Å². The number of nitrogens with zero attached hydrogens (tertiary/aromatic N) is 2. The van der Waals surface area contributed by atoms with Crippen LogP contribution in [0.25, 0.3) is 0 Å². The molecule has 0 saturated carbocycles. The Morgan fingerprint density at radius 1 is 1.38 bits per heavy atom. The van der Waals surface area contributed by atoms with Gasteiger partial charge in [0.25, 0.3) is 0 Å². The van der Waals surface area contributed by atoms with Gasteiger partial charge in [-0.25, -0.2) is 0 Å². The number of thioether (sulfide) groups is 2. The molecular weight excluding hydrogens is 348 g/mol. The van der Waals surface area contributed by atoms with E-state index in [0.29, 0.717) is 5.03 Å². The molecule has 3 unspecified atom stereocenters. The van der Waals surface area contributed by atoms with E-state index in [1.54, 1.807) is 6.92 Å². The van der Waals surface area contributed by atoms with Crippen molar-refractivity contribution in [2.24, 2.45) is 0 Å². The van der Waals surface area contributed by atoms with E-state index in [0.717, 1.165) is 4.91 Å². The molecule has 2 aliphatic heterocycles. The van der Waals surface area contributed by atoms with Crippen LogP contribution in [0.1, 0.15) is 20.8 Å². The molecule has 2 fully saturated rings. The molecule has 9 heteroatoms. The summed E-state index contributed by atoms with van der Waals surface area (Å²) in [5.74, 6) is -1.18. The molecule has 0 bridgehead atoms. The number of hydrogen-bond donors (Lipinski definition) is 3. The molecule has 2 rings (SSSR count). The van der Waals surface area contributed by atoms with E-state index < -0.39 is 5.97 Å². The fourth-order valence-electron chi connectivity index (χ4n) is 2.27. The van der Waals surface area contributed by atoms with Gasteiger partial charge in [-0.1, -0.05) is 23.5 Å². The first-order chi connectivity index (χ1) is 9.73. The summed E-state index contributed by atoms with van der Waals surface area (Å²) < 4.78 is -0.0479. The van der Waals surface area contributed by atoms with Crippen LogP contribution in [-0.2, 0) is 9.59 Å². The van der Waals surface area contributed by atoms with Crippen LogP contribution < -0.4 is 0 Å². The summed E-state index contributed by atoms with van der Waals surface area (Å²) >= 11 is 12.1. The van der Waals surface area contributed by atoms with E-state index in [-0.39, 0.29) is 33.8 Å². The summed E-state index contributed by atoms with van der Waals surface area (Å²) in [6.45, 7) is 5.60. The molecule has 0 aromatic heterocycles. The fourth-order valence-corrected chi connectivity index (χ4v) is 6.52. The van der Waals surface area contributed by atoms with Crippen LogP contribution in [0.2, 0.25) is 0 Å². The van der Waals surface area contributed by atoms with Gasteiger partial charge in [-0.15, -0.1) is 12.6 Å². The van der Waals surface area contributed by atoms with Crippen molar-refractivity contribution in [1.82, 2.24) is 9.80 Å². The van der Waals surface area contributed by atoms with Gasteiger partial charge in [-0.3, -0.25) is 19.4 Å². The van der Waals surface area contributed by atoms with Crippen molar-refractivity contribution in [3.05, 3.63) is 9.93 Å². The van der Waals surface area contributed by atoms with Gasteiger partial charge in [-0.2, -0.15) is 12.6 Å². The van der Waals surface area contributed by atoms with E-state index in [9.17, 15) is 9.59 Å². The molecule has 3 atom stereocenters. The molecule has 0 aromatic carbocycles. The van der Waals surface area contributed by atoms with Crippen molar-refractivity contribution in [1.29, 1.82) is 0 Å². The zero-order valence-electron chi connectivity index (χ0n) is 11.9. The summed E-state index contributed by atoms with van der Waals surface area (Å²) in [5.41, 5.74) is 0. The Bertz CT molecular complexity index is 497. The minimum absolute atomic E-state index is 0.0479. The van der Waals surface area contributed by atoms with Crippen molar-refractivity contribution in [3.8, 4) is 0 Å². The first-order valence-corrected chi connectivity index (χ1v) is 9.27. The zero-order chi connectivity index (χ0) is 15.9. The predicted molar refractivity (Wildman–Crippen MR) is 93.5 cm³/mol. The molecule has 1 amide bonds. The molecule has 2 saturated heterocycles. The van der Waals surface area contributed by atoms with E-state index in [2.05, 4.69) is 44.0 Å². The number of carbonyl (C=O) groups excluding carboxylic acids is 1. The van der Waals surface area contributed by atoms with E-state index in [1.807, 2.05) is 0 Å². The number of rotatable bonds is 3. The second kappa shape index (κ2) is 6.66. The molecular formula is C12H18N2O3S4. The summed E-state index contributed by atoms with van der Waals surface area (Å²) in [5, 5.41) is 9.29. The van der Waals surface area contributed by atoms with Gasteiger partial charge in [0.1, 0.15) is 11.3 Å². The standard InChI is InChI=1S/C12H18N2O3S4/c1-5(2)14-10(18)8(21-12(14)19)11-13(4-7(15)16)9(17)6(3)20-11/h5-6,10,12,18-19H,4H2,1-3H3,(H,15,16). The molecule has 0 radical (unpaired) electrons. The highest BCUT2D eigenvalue weighted by atomic mass is 32.2. The third-order valence-corrected chi connectivity index (χ3v) is 7.01. The predicted octanol–water partition coefficient (Wildman–Crippen LogP) is 2.13. The van der Waals surface area contributed by atoms with E-state index >= 15 is 0 Å². The largest absolute Gasteiger partial charge is 0.480 e. The number of hydrogen-bond acceptors (Lipinski definition) is 7. The van der Waals surface area contributed by atoms with Crippen LogP contribution in [0.15, 0.2) is 9.93 Å². The minimum Gasteiger partial charge on any atom is -0.480 e. The van der Waals surface area contributed by atoms with Gasteiger partial charge in [0.05, 0.1) is 15.7 Å². The molecule has 0 aliphatic carbocycles. The van der Waals surface area contributed by atoms with E-state index in [4.69, 9.17) is 5.11 Å². The van der Waals surface area contributed by atoms with Crippen LogP contribution in [0.5, 0.6) is 0 Å². The summed E-state index contributed by atoms with van der Waals surface area (Å²) in [6, 6.07) is 0.257. The lowest BCUT2D eigenvalue weighted by Crippen LogP contribution is -2.37. The van der Waals surface area contributed by atoms with Gasteiger partial charge in [-0.05, 0) is 20.8 Å². The maximum absolute atomic E-state index is 12.2. The number of carbonyl (C=O) groups is 2. The summed E-state index contributed by atoms with van der Waals surface area (Å²) in [4.78, 5) is 27.5. The summed E-state index contributed by atoms with van der Waals surface area (Å²) in [7, 11) is 0. The maximum atomic E-state index is 12.2. The van der Waals surface area contributed by atoms with Crippen molar-refractivity contribution in [3.63, 3.8) is 0 Å². The number of carboxylic acids is 1. The lowest BCUT2D eigenvalue weighted by Gasteiger charge is -2.27. The monoisotopic (exact) mass is 366 g/mol. The molecule has 0 aromatic rings. The van der Waals surface area contributed by atoms with Gasteiger partial charge < -0.3 is 5.11 Å². The molecule has 118 valence electrons. The van der Waals surface area contributed by atoms with Crippen molar-refractivity contribution in [2.75, 3.05) is 6.54 Å². The Balaban J connectivity index is 2.37. The van der Waals surface area contributed by atoms with E-state index in [1.165, 1.54) is 28.4 Å². The third kappa shape index (κ3) is 3.36. The lowest BCUT2D eigenvalue weighted by molar-refractivity contribution is -0.142. The summed E-state index contributed by atoms with van der Waals surface area (Å²) in [6.07, 6.45) is 0. The van der Waals surface area contributed by atoms with Crippen LogP contribution >= 0.6 is 48.8 Å². The second-order valence-electron chi connectivity index (χ2n) is 5.11. The topological polar surface area (TPSA) is 60.9 Å². The highest BCUT2D eigenvalue weighted by molar-refractivity contribution is 8.14. The zero-order valence-corrected chi connectivity index (χ0v) is 15.3. The van der Waals surface area contributed by atoms with Crippen LogP contribution in [0.3, 0.4) is 0 Å².